The summed E-state index contributed by atoms with van der Waals surface area (Å²) >= 11 is 5.96. The average Bonchev–Trinajstić information content (AvgIpc) is 3.27. The van der Waals surface area contributed by atoms with Crippen molar-refractivity contribution < 1.29 is 9.59 Å². The maximum Gasteiger partial charge on any atom is 0.323 e. The van der Waals surface area contributed by atoms with E-state index in [0.717, 1.165) is 11.1 Å². The van der Waals surface area contributed by atoms with Crippen LogP contribution in [-0.4, -0.2) is 26.8 Å². The number of carbonyl (C=O) groups excluding carboxylic acids is 2. The normalized spacial score (nSPS) is 10.7. The third-order valence-corrected chi connectivity index (χ3v) is 5.47. The molecule has 0 radical (unpaired) electrons. The van der Waals surface area contributed by atoms with Gasteiger partial charge in [-0.1, -0.05) is 35.9 Å². The van der Waals surface area contributed by atoms with Crippen LogP contribution in [0.1, 0.15) is 15.9 Å². The molecule has 2 aromatic carbocycles. The number of hydrogen-bond acceptors (Lipinski definition) is 4. The lowest BCUT2D eigenvalue weighted by Crippen LogP contribution is -2.19. The van der Waals surface area contributed by atoms with Gasteiger partial charge in [0, 0.05) is 68.8 Å². The van der Waals surface area contributed by atoms with Crippen molar-refractivity contribution in [3.63, 3.8) is 0 Å². The summed E-state index contributed by atoms with van der Waals surface area (Å²) in [6, 6.07) is 18.9. The Morgan fingerprint density at radius 2 is 1.65 bits per heavy atom. The number of fused-ring (bicyclic) bond motifs is 1. The molecule has 0 aliphatic rings. The summed E-state index contributed by atoms with van der Waals surface area (Å²) in [5.41, 5.74) is 4.37. The van der Waals surface area contributed by atoms with Crippen LogP contribution in [0.5, 0.6) is 0 Å². The lowest BCUT2D eigenvalue weighted by molar-refractivity contribution is 0.104. The van der Waals surface area contributed by atoms with Crippen molar-refractivity contribution in [2.24, 2.45) is 0 Å². The Hall–Kier alpha value is -4.49. The Balaban J connectivity index is 1.39. The second-order valence-electron chi connectivity index (χ2n) is 7.56. The van der Waals surface area contributed by atoms with Gasteiger partial charge in [-0.15, -0.1) is 0 Å². The van der Waals surface area contributed by atoms with Gasteiger partial charge in [0.2, 0.25) is 0 Å². The number of benzene rings is 2. The van der Waals surface area contributed by atoms with Gasteiger partial charge in [-0.05, 0) is 42.5 Å². The maximum atomic E-state index is 13.3. The van der Waals surface area contributed by atoms with Gasteiger partial charge in [0.15, 0.2) is 5.78 Å². The van der Waals surface area contributed by atoms with Gasteiger partial charge in [0.1, 0.15) is 5.65 Å². The zero-order valence-corrected chi connectivity index (χ0v) is 18.5. The Labute approximate surface area is 199 Å². The minimum absolute atomic E-state index is 0.185. The van der Waals surface area contributed by atoms with E-state index in [9.17, 15) is 9.59 Å². The average molecular weight is 468 g/mol. The van der Waals surface area contributed by atoms with Crippen molar-refractivity contribution >= 4 is 45.8 Å². The van der Waals surface area contributed by atoms with E-state index in [-0.39, 0.29) is 5.78 Å². The van der Waals surface area contributed by atoms with Gasteiger partial charge in [-0.25, -0.2) is 9.78 Å². The number of nitrogens with zero attached hydrogens (tertiary/aromatic N) is 2. The van der Waals surface area contributed by atoms with E-state index >= 15 is 0 Å². The number of pyridine rings is 2. The second kappa shape index (κ2) is 9.17. The highest BCUT2D eigenvalue weighted by Crippen LogP contribution is 2.26. The Kier molecular flexibility index (Phi) is 5.76. The predicted octanol–water partition coefficient (Wildman–Crippen LogP) is 6.15. The molecule has 5 aromatic rings. The second-order valence-corrected chi connectivity index (χ2v) is 8.00. The molecule has 34 heavy (non-hydrogen) atoms. The first-order valence-electron chi connectivity index (χ1n) is 10.4. The van der Waals surface area contributed by atoms with E-state index in [0.29, 0.717) is 38.6 Å². The molecule has 5 rings (SSSR count). The van der Waals surface area contributed by atoms with Crippen molar-refractivity contribution in [3.05, 3.63) is 108 Å². The Morgan fingerprint density at radius 1 is 0.853 bits per heavy atom. The SMILES string of the molecule is O=C(Nc1cccc(Cl)c1)Nc1cccc(C(=O)c2c[nH]c3ncc(-c4cccnc4)cc23)c1. The van der Waals surface area contributed by atoms with Crippen LogP contribution in [0, 0.1) is 0 Å². The molecule has 3 aromatic heterocycles. The highest BCUT2D eigenvalue weighted by Gasteiger charge is 2.16. The first-order chi connectivity index (χ1) is 16.6. The molecule has 0 spiro atoms. The number of carbonyl (C=O) groups is 2. The maximum absolute atomic E-state index is 13.3. The van der Waals surface area contributed by atoms with Crippen LogP contribution >= 0.6 is 11.6 Å². The van der Waals surface area contributed by atoms with Gasteiger partial charge in [-0.2, -0.15) is 0 Å². The summed E-state index contributed by atoms with van der Waals surface area (Å²) in [6.45, 7) is 0. The van der Waals surface area contributed by atoms with E-state index in [1.807, 2.05) is 18.2 Å². The largest absolute Gasteiger partial charge is 0.345 e. The molecule has 3 N–H and O–H groups in total. The molecular formula is C26H18ClN5O2. The molecule has 0 unspecified atom stereocenters. The summed E-state index contributed by atoms with van der Waals surface area (Å²) in [5, 5.41) is 6.69. The minimum atomic E-state index is -0.440. The standard InChI is InChI=1S/C26H18ClN5O2/c27-19-6-2-8-21(12-19)32-26(34)31-20-7-1-4-16(10-20)24(33)23-15-30-25-22(23)11-18(14-29-25)17-5-3-9-28-13-17/h1-15H,(H,29,30)(H2,31,32,34). The number of ketones is 1. The molecule has 0 aliphatic heterocycles. The first kappa shape index (κ1) is 21.4. The van der Waals surface area contributed by atoms with Crippen molar-refractivity contribution in [2.45, 2.75) is 0 Å². The lowest BCUT2D eigenvalue weighted by Gasteiger charge is -2.09. The molecule has 0 aliphatic carbocycles. The molecule has 8 heteroatoms. The zero-order chi connectivity index (χ0) is 23.5. The quantitative estimate of drug-likeness (QED) is 0.270. The van der Waals surface area contributed by atoms with E-state index in [1.165, 1.54) is 0 Å². The molecule has 7 nitrogen and oxygen atoms in total. The molecular weight excluding hydrogens is 450 g/mol. The first-order valence-corrected chi connectivity index (χ1v) is 10.8. The summed E-state index contributed by atoms with van der Waals surface area (Å²) in [4.78, 5) is 37.4. The molecule has 0 saturated carbocycles. The van der Waals surface area contributed by atoms with Crippen LogP contribution < -0.4 is 10.6 Å². The van der Waals surface area contributed by atoms with Crippen molar-refractivity contribution in [3.8, 4) is 11.1 Å². The van der Waals surface area contributed by atoms with E-state index in [1.54, 1.807) is 73.3 Å². The number of rotatable bonds is 5. The third-order valence-electron chi connectivity index (χ3n) is 5.24. The van der Waals surface area contributed by atoms with E-state index in [4.69, 9.17) is 11.6 Å². The molecule has 0 bridgehead atoms. The molecule has 0 saturated heterocycles. The van der Waals surface area contributed by atoms with Gasteiger partial charge < -0.3 is 15.6 Å². The minimum Gasteiger partial charge on any atom is -0.345 e. The summed E-state index contributed by atoms with van der Waals surface area (Å²) < 4.78 is 0. The third kappa shape index (κ3) is 4.51. The number of H-pyrrole nitrogens is 1. The van der Waals surface area contributed by atoms with Crippen molar-refractivity contribution in [2.75, 3.05) is 10.6 Å². The fraction of sp³-hybridized carbons (Fsp3) is 0. The number of nitrogens with one attached hydrogen (secondary N) is 3. The number of halogens is 1. The van der Waals surface area contributed by atoms with Gasteiger partial charge in [-0.3, -0.25) is 9.78 Å². The molecule has 166 valence electrons. The lowest BCUT2D eigenvalue weighted by atomic mass is 10.0. The van der Waals surface area contributed by atoms with E-state index < -0.39 is 6.03 Å². The number of anilines is 2. The van der Waals surface area contributed by atoms with Crippen LogP contribution in [0.4, 0.5) is 16.2 Å². The monoisotopic (exact) mass is 467 g/mol. The van der Waals surface area contributed by atoms with Crippen molar-refractivity contribution in [1.29, 1.82) is 0 Å². The number of urea groups is 1. The van der Waals surface area contributed by atoms with Crippen LogP contribution in [0.3, 0.4) is 0 Å². The Bertz CT molecular complexity index is 1510. The highest BCUT2D eigenvalue weighted by molar-refractivity contribution is 6.31. The van der Waals surface area contributed by atoms with Crippen LogP contribution in [0.2, 0.25) is 5.02 Å². The predicted molar refractivity (Wildman–Crippen MR) is 133 cm³/mol. The summed E-state index contributed by atoms with van der Waals surface area (Å²) in [5.74, 6) is -0.185. The molecule has 2 amide bonds. The van der Waals surface area contributed by atoms with E-state index in [2.05, 4.69) is 25.6 Å². The fourth-order valence-electron chi connectivity index (χ4n) is 3.64. The fourth-order valence-corrected chi connectivity index (χ4v) is 3.83. The topological polar surface area (TPSA) is 99.8 Å². The van der Waals surface area contributed by atoms with Gasteiger partial charge in [0.25, 0.3) is 0 Å². The van der Waals surface area contributed by atoms with Crippen LogP contribution in [0.15, 0.2) is 91.5 Å². The molecule has 0 atom stereocenters. The van der Waals surface area contributed by atoms with Gasteiger partial charge in [0.05, 0.1) is 0 Å². The molecule has 0 fully saturated rings. The van der Waals surface area contributed by atoms with Crippen LogP contribution in [-0.2, 0) is 0 Å². The summed E-state index contributed by atoms with van der Waals surface area (Å²) in [6.07, 6.45) is 6.85. The highest BCUT2D eigenvalue weighted by atomic mass is 35.5. The number of aromatic nitrogens is 3. The number of aromatic amines is 1. The number of amides is 2. The summed E-state index contributed by atoms with van der Waals surface area (Å²) in [7, 11) is 0. The number of hydrogen-bond donors (Lipinski definition) is 3. The zero-order valence-electron chi connectivity index (χ0n) is 17.7. The Morgan fingerprint density at radius 3 is 2.41 bits per heavy atom. The van der Waals surface area contributed by atoms with Crippen molar-refractivity contribution in [1.82, 2.24) is 15.0 Å². The van der Waals surface area contributed by atoms with Gasteiger partial charge >= 0.3 is 6.03 Å². The smallest absolute Gasteiger partial charge is 0.323 e. The van der Waals surface area contributed by atoms with Crippen LogP contribution in [0.25, 0.3) is 22.2 Å². The molecule has 3 heterocycles.